The highest BCUT2D eigenvalue weighted by Crippen LogP contribution is 2.63. The van der Waals surface area contributed by atoms with E-state index in [1.165, 1.54) is 17.4 Å². The van der Waals surface area contributed by atoms with Gasteiger partial charge in [-0.3, -0.25) is 24.6 Å². The molecular formula is C36H50N8O9. The molecule has 2 fully saturated rings. The molecule has 8 N–H and O–H groups in total. The molecular weight excluding hydrogens is 688 g/mol. The van der Waals surface area contributed by atoms with Gasteiger partial charge in [0.25, 0.3) is 0 Å². The van der Waals surface area contributed by atoms with E-state index in [-0.39, 0.29) is 62.7 Å². The summed E-state index contributed by atoms with van der Waals surface area (Å²) in [5.41, 5.74) is 7.34. The number of likely N-dealkylation sites (N-methyl/N-ethyl adjacent to an activating group) is 1. The minimum Gasteiger partial charge on any atom is -0.493 e. The van der Waals surface area contributed by atoms with Gasteiger partial charge in [0.15, 0.2) is 23.6 Å². The van der Waals surface area contributed by atoms with Gasteiger partial charge in [0.05, 0.1) is 25.6 Å². The third-order valence-corrected chi connectivity index (χ3v) is 11.6. The maximum absolute atomic E-state index is 14.1. The normalized spacial score (nSPS) is 27.2. The Balaban J connectivity index is 1.18. The number of carboxylic acids is 1. The van der Waals surface area contributed by atoms with E-state index in [0.717, 1.165) is 24.9 Å². The summed E-state index contributed by atoms with van der Waals surface area (Å²) in [5, 5.41) is 27.7. The molecule has 5 aliphatic rings. The van der Waals surface area contributed by atoms with E-state index in [2.05, 4.69) is 39.3 Å². The highest BCUT2D eigenvalue weighted by atomic mass is 16.6. The summed E-state index contributed by atoms with van der Waals surface area (Å²) in [7, 11) is 3.77. The smallest absolute Gasteiger partial charge is 0.415 e. The van der Waals surface area contributed by atoms with Crippen LogP contribution < -0.4 is 36.5 Å². The Morgan fingerprint density at radius 1 is 1.17 bits per heavy atom. The molecule has 0 aromatic heterocycles. The summed E-state index contributed by atoms with van der Waals surface area (Å²) in [6, 6.07) is 2.62. The van der Waals surface area contributed by atoms with Gasteiger partial charge in [-0.15, -0.1) is 0 Å². The van der Waals surface area contributed by atoms with Crippen molar-refractivity contribution in [2.75, 3.05) is 46.9 Å². The Morgan fingerprint density at radius 3 is 2.68 bits per heavy atom. The fourth-order valence-corrected chi connectivity index (χ4v) is 9.02. The Hall–Kier alpha value is -5.06. The van der Waals surface area contributed by atoms with Gasteiger partial charge < -0.3 is 56.1 Å². The maximum Gasteiger partial charge on any atom is 0.415 e. The average molecular weight is 739 g/mol. The molecule has 0 radical (unpaired) electrons. The molecule has 3 heterocycles. The van der Waals surface area contributed by atoms with Crippen molar-refractivity contribution >= 4 is 35.7 Å². The molecule has 53 heavy (non-hydrogen) atoms. The van der Waals surface area contributed by atoms with E-state index in [9.17, 15) is 29.1 Å². The molecule has 2 aliphatic carbocycles. The Bertz CT molecular complexity index is 1690. The monoisotopic (exact) mass is 738 g/mol. The Labute approximate surface area is 307 Å². The number of aliphatic carboxylic acids is 1. The number of nitrogens with two attached hydrogens (primary N) is 1. The molecule has 7 atom stereocenters. The van der Waals surface area contributed by atoms with Crippen LogP contribution in [0, 0.1) is 17.2 Å². The predicted molar refractivity (Wildman–Crippen MR) is 190 cm³/mol. The lowest BCUT2D eigenvalue weighted by molar-refractivity contribution is -0.144. The number of carbonyl (C=O) groups is 5. The number of hydrogen-bond acceptors (Lipinski definition) is 10. The SMILES string of the molecule is COc1ccc2c3c1OC1C(OC(=O)N4CCC(C(=O)O)CC4CNC(=O)[C@H](CCCNC(=N)N)NC(=O)CNC(C)=O)=CC[C@H]4[C@@H](C2)N(C)CC[C@]314. The van der Waals surface area contributed by atoms with E-state index >= 15 is 0 Å². The lowest BCUT2D eigenvalue weighted by Gasteiger charge is -2.56. The first-order chi connectivity index (χ1) is 25.3. The van der Waals surface area contributed by atoms with E-state index in [0.29, 0.717) is 36.1 Å². The number of nitrogens with zero attached hydrogens (tertiary/aromatic N) is 2. The molecule has 17 nitrogen and oxygen atoms in total. The number of amides is 4. The maximum atomic E-state index is 14.1. The summed E-state index contributed by atoms with van der Waals surface area (Å²) < 4.78 is 18.7. The lowest BCUT2D eigenvalue weighted by Crippen LogP contribution is -2.63. The number of methoxy groups -OCH3 is 1. The number of carbonyl (C=O) groups excluding carboxylic acids is 4. The second-order valence-electron chi connectivity index (χ2n) is 14.7. The molecule has 0 saturated carbocycles. The second kappa shape index (κ2) is 15.5. The number of piperidine rings is 2. The Morgan fingerprint density at radius 2 is 1.96 bits per heavy atom. The number of carboxylic acid groups (broad SMARTS) is 1. The molecule has 3 aliphatic heterocycles. The molecule has 4 amide bonds. The summed E-state index contributed by atoms with van der Waals surface area (Å²) in [5.74, 6) is -1.48. The van der Waals surface area contributed by atoms with Gasteiger partial charge in [-0.25, -0.2) is 4.79 Å². The zero-order valence-electron chi connectivity index (χ0n) is 30.4. The largest absolute Gasteiger partial charge is 0.493 e. The summed E-state index contributed by atoms with van der Waals surface area (Å²) >= 11 is 0. The third kappa shape index (κ3) is 7.43. The fourth-order valence-electron chi connectivity index (χ4n) is 9.02. The molecule has 1 aromatic carbocycles. The van der Waals surface area contributed by atoms with E-state index in [4.69, 9.17) is 25.4 Å². The predicted octanol–water partition coefficient (Wildman–Crippen LogP) is 0.160. The van der Waals surface area contributed by atoms with Crippen LogP contribution >= 0.6 is 0 Å². The molecule has 2 saturated heterocycles. The van der Waals surface area contributed by atoms with Gasteiger partial charge in [0.2, 0.25) is 17.7 Å². The van der Waals surface area contributed by atoms with Gasteiger partial charge >= 0.3 is 12.1 Å². The van der Waals surface area contributed by atoms with Crippen LogP contribution in [0.15, 0.2) is 24.0 Å². The number of nitrogens with one attached hydrogen (secondary N) is 5. The number of guanidine groups is 1. The Kier molecular flexibility index (Phi) is 11.0. The minimum absolute atomic E-state index is 0.0812. The zero-order valence-corrected chi connectivity index (χ0v) is 30.4. The van der Waals surface area contributed by atoms with Crippen molar-refractivity contribution in [3.05, 3.63) is 35.1 Å². The van der Waals surface area contributed by atoms with E-state index in [1.54, 1.807) is 7.11 Å². The van der Waals surface area contributed by atoms with Crippen LogP contribution in [0.2, 0.25) is 0 Å². The van der Waals surface area contributed by atoms with Crippen molar-refractivity contribution < 1.29 is 43.3 Å². The zero-order chi connectivity index (χ0) is 38.0. The first-order valence-corrected chi connectivity index (χ1v) is 18.2. The molecule has 3 unspecified atom stereocenters. The fraction of sp³-hybridized carbons (Fsp3) is 0.611. The summed E-state index contributed by atoms with van der Waals surface area (Å²) in [6.07, 6.45) is 4.02. The minimum atomic E-state index is -1.01. The lowest BCUT2D eigenvalue weighted by atomic mass is 9.53. The van der Waals surface area contributed by atoms with Gasteiger partial charge in [0, 0.05) is 43.6 Å². The van der Waals surface area contributed by atoms with Gasteiger partial charge in [-0.1, -0.05) is 6.07 Å². The topological polar surface area (TPSA) is 238 Å². The highest BCUT2D eigenvalue weighted by molar-refractivity contribution is 5.90. The van der Waals surface area contributed by atoms with Crippen LogP contribution in [0.25, 0.3) is 0 Å². The van der Waals surface area contributed by atoms with Crippen molar-refractivity contribution in [2.24, 2.45) is 17.6 Å². The average Bonchev–Trinajstić information content (AvgIpc) is 3.48. The molecule has 1 spiro atoms. The molecule has 2 bridgehead atoms. The number of likely N-dealkylation sites (tertiary alicyclic amines) is 2. The van der Waals surface area contributed by atoms with Crippen molar-refractivity contribution in [1.29, 1.82) is 5.41 Å². The van der Waals surface area contributed by atoms with Gasteiger partial charge in [-0.05, 0) is 82.2 Å². The van der Waals surface area contributed by atoms with Crippen LogP contribution in [0.4, 0.5) is 4.79 Å². The molecule has 6 rings (SSSR count). The number of ether oxygens (including phenoxy) is 3. The van der Waals surface area contributed by atoms with Gasteiger partial charge in [-0.2, -0.15) is 0 Å². The third-order valence-electron chi connectivity index (χ3n) is 11.6. The van der Waals surface area contributed by atoms with Crippen LogP contribution in [-0.2, 0) is 35.8 Å². The summed E-state index contributed by atoms with van der Waals surface area (Å²) in [4.78, 5) is 67.4. The van der Waals surface area contributed by atoms with Crippen LogP contribution in [0.1, 0.15) is 56.6 Å². The second-order valence-corrected chi connectivity index (χ2v) is 14.7. The number of hydrogen-bond donors (Lipinski definition) is 7. The van der Waals surface area contributed by atoms with Crippen LogP contribution in [-0.4, -0.2) is 122 Å². The molecule has 17 heteroatoms. The van der Waals surface area contributed by atoms with Crippen LogP contribution in [0.5, 0.6) is 11.5 Å². The van der Waals surface area contributed by atoms with Crippen molar-refractivity contribution in [3.8, 4) is 11.5 Å². The first-order valence-electron chi connectivity index (χ1n) is 18.2. The quantitative estimate of drug-likeness (QED) is 0.0814. The van der Waals surface area contributed by atoms with Crippen molar-refractivity contribution in [3.63, 3.8) is 0 Å². The van der Waals surface area contributed by atoms with Crippen molar-refractivity contribution in [1.82, 2.24) is 31.1 Å². The standard InChI is InChI=1S/C36H50N8O9/c1-19(45)40-18-28(46)42-24(5-4-12-39-34(37)38)32(47)41-17-22-15-21(33(48)49)10-13-44(22)35(50)52-27-9-7-23-25-16-20-6-8-26(51-3)30-29(20)36(23,31(27)53-30)11-14-43(25)2/h6,8-9,21-25,31H,4-5,7,10-18H2,1-3H3,(H,40,45)(H,41,47)(H,42,46)(H,48,49)(H4,37,38,39)/t21?,22?,23-,24-,25+,31?,36-/m0/s1. The molecule has 1 aromatic rings. The number of benzene rings is 1. The summed E-state index contributed by atoms with van der Waals surface area (Å²) in [6.45, 7) is 2.09. The van der Waals surface area contributed by atoms with E-state index in [1.807, 2.05) is 12.1 Å². The number of allylic oxidation sites excluding steroid dienone is 1. The first kappa shape index (κ1) is 37.7. The van der Waals surface area contributed by atoms with Gasteiger partial charge in [0.1, 0.15) is 11.8 Å². The van der Waals surface area contributed by atoms with Crippen molar-refractivity contribution in [2.45, 2.75) is 81.5 Å². The highest BCUT2D eigenvalue weighted by Gasteiger charge is 2.65. The van der Waals surface area contributed by atoms with Crippen LogP contribution in [0.3, 0.4) is 0 Å². The molecule has 288 valence electrons. The number of rotatable bonds is 13. The van der Waals surface area contributed by atoms with E-state index < -0.39 is 53.9 Å².